The maximum absolute atomic E-state index is 11.6. The molecule has 6 heteroatoms. The summed E-state index contributed by atoms with van der Waals surface area (Å²) in [6.45, 7) is 3.53. The van der Waals surface area contributed by atoms with Crippen LogP contribution in [0, 0.1) is 11.8 Å². The van der Waals surface area contributed by atoms with Crippen LogP contribution in [0.3, 0.4) is 0 Å². The average molecular weight is 300 g/mol. The van der Waals surface area contributed by atoms with Crippen molar-refractivity contribution in [3.8, 4) is 5.75 Å². The van der Waals surface area contributed by atoms with Crippen molar-refractivity contribution in [2.24, 2.45) is 11.8 Å². The predicted octanol–water partition coefficient (Wildman–Crippen LogP) is 2.19. The van der Waals surface area contributed by atoms with Crippen LogP contribution in [0.5, 0.6) is 5.75 Å². The van der Waals surface area contributed by atoms with Gasteiger partial charge >= 0.3 is 5.97 Å². The standard InChI is InChI=1S/C14H18ClNO4/c1-9(2)12(14(18)19)7-16-13(17)8-20-11-5-3-10(15)4-6-11/h3-6,9,12H,7-8H2,1-2H3,(H,16,17)(H,18,19). The summed E-state index contributed by atoms with van der Waals surface area (Å²) in [4.78, 5) is 22.5. The van der Waals surface area contributed by atoms with E-state index in [4.69, 9.17) is 21.4 Å². The third-order valence-electron chi connectivity index (χ3n) is 2.82. The summed E-state index contributed by atoms with van der Waals surface area (Å²) < 4.78 is 5.26. The van der Waals surface area contributed by atoms with E-state index in [0.717, 1.165) is 0 Å². The van der Waals surface area contributed by atoms with E-state index < -0.39 is 11.9 Å². The lowest BCUT2D eigenvalue weighted by atomic mass is 9.96. The van der Waals surface area contributed by atoms with Crippen molar-refractivity contribution in [2.45, 2.75) is 13.8 Å². The number of halogens is 1. The second-order valence-electron chi connectivity index (χ2n) is 4.74. The summed E-state index contributed by atoms with van der Waals surface area (Å²) in [6, 6.07) is 6.63. The van der Waals surface area contributed by atoms with Crippen molar-refractivity contribution in [1.82, 2.24) is 5.32 Å². The average Bonchev–Trinajstić information content (AvgIpc) is 2.37. The predicted molar refractivity (Wildman–Crippen MR) is 75.9 cm³/mol. The normalized spacial score (nSPS) is 12.0. The van der Waals surface area contributed by atoms with E-state index in [9.17, 15) is 9.59 Å². The highest BCUT2D eigenvalue weighted by molar-refractivity contribution is 6.30. The first kappa shape index (κ1) is 16.3. The lowest BCUT2D eigenvalue weighted by Crippen LogP contribution is -2.37. The molecule has 0 radical (unpaired) electrons. The molecule has 1 unspecified atom stereocenters. The zero-order valence-electron chi connectivity index (χ0n) is 11.4. The lowest BCUT2D eigenvalue weighted by Gasteiger charge is -2.16. The van der Waals surface area contributed by atoms with Crippen LogP contribution >= 0.6 is 11.6 Å². The van der Waals surface area contributed by atoms with E-state index in [2.05, 4.69) is 5.32 Å². The van der Waals surface area contributed by atoms with Gasteiger partial charge < -0.3 is 15.2 Å². The minimum absolute atomic E-state index is 0.0509. The van der Waals surface area contributed by atoms with Crippen LogP contribution in [0.4, 0.5) is 0 Å². The van der Waals surface area contributed by atoms with Gasteiger partial charge in [-0.25, -0.2) is 0 Å². The molecule has 0 bridgehead atoms. The highest BCUT2D eigenvalue weighted by Gasteiger charge is 2.21. The largest absolute Gasteiger partial charge is 0.484 e. The SMILES string of the molecule is CC(C)C(CNC(=O)COc1ccc(Cl)cc1)C(=O)O. The molecule has 0 saturated heterocycles. The minimum Gasteiger partial charge on any atom is -0.484 e. The Bertz CT molecular complexity index is 459. The number of hydrogen-bond donors (Lipinski definition) is 2. The molecular formula is C14H18ClNO4. The number of benzene rings is 1. The van der Waals surface area contributed by atoms with E-state index in [-0.39, 0.29) is 25.0 Å². The third kappa shape index (κ3) is 5.48. The summed E-state index contributed by atoms with van der Waals surface area (Å²) >= 11 is 5.73. The monoisotopic (exact) mass is 299 g/mol. The molecule has 1 atom stereocenters. The number of carboxylic acids is 1. The molecule has 110 valence electrons. The first-order valence-corrected chi connectivity index (χ1v) is 6.66. The molecule has 0 heterocycles. The smallest absolute Gasteiger partial charge is 0.308 e. The van der Waals surface area contributed by atoms with Gasteiger partial charge in [0.25, 0.3) is 5.91 Å². The quantitative estimate of drug-likeness (QED) is 0.809. The van der Waals surface area contributed by atoms with Gasteiger partial charge in [-0.3, -0.25) is 9.59 Å². The highest BCUT2D eigenvalue weighted by atomic mass is 35.5. The number of amides is 1. The van der Waals surface area contributed by atoms with Crippen LogP contribution in [0.25, 0.3) is 0 Å². The molecule has 0 spiro atoms. The van der Waals surface area contributed by atoms with Gasteiger partial charge in [0.2, 0.25) is 0 Å². The molecule has 2 N–H and O–H groups in total. The van der Waals surface area contributed by atoms with Gasteiger partial charge in [0.05, 0.1) is 5.92 Å². The minimum atomic E-state index is -0.918. The summed E-state index contributed by atoms with van der Waals surface area (Å²) in [7, 11) is 0. The Hall–Kier alpha value is -1.75. The Kier molecular flexibility index (Phi) is 6.31. The van der Waals surface area contributed by atoms with Crippen molar-refractivity contribution < 1.29 is 19.4 Å². The van der Waals surface area contributed by atoms with Crippen LogP contribution < -0.4 is 10.1 Å². The van der Waals surface area contributed by atoms with E-state index in [0.29, 0.717) is 10.8 Å². The molecule has 0 fully saturated rings. The van der Waals surface area contributed by atoms with Crippen molar-refractivity contribution in [2.75, 3.05) is 13.2 Å². The molecule has 1 rings (SSSR count). The second kappa shape index (κ2) is 7.75. The first-order chi connectivity index (χ1) is 9.40. The van der Waals surface area contributed by atoms with Gasteiger partial charge in [0.15, 0.2) is 6.61 Å². The fourth-order valence-electron chi connectivity index (χ4n) is 1.56. The van der Waals surface area contributed by atoms with Gasteiger partial charge in [0, 0.05) is 11.6 Å². The molecule has 1 aromatic carbocycles. The topological polar surface area (TPSA) is 75.6 Å². The van der Waals surface area contributed by atoms with Crippen LogP contribution in [0.15, 0.2) is 24.3 Å². The van der Waals surface area contributed by atoms with Crippen LogP contribution in [-0.4, -0.2) is 30.1 Å². The number of nitrogens with one attached hydrogen (secondary N) is 1. The molecule has 0 aliphatic heterocycles. The van der Waals surface area contributed by atoms with E-state index in [1.54, 1.807) is 38.1 Å². The van der Waals surface area contributed by atoms with Crippen molar-refractivity contribution in [3.05, 3.63) is 29.3 Å². The first-order valence-electron chi connectivity index (χ1n) is 6.28. The molecule has 5 nitrogen and oxygen atoms in total. The van der Waals surface area contributed by atoms with Gasteiger partial charge in [-0.15, -0.1) is 0 Å². The molecule has 1 aromatic rings. The Labute approximate surface area is 122 Å². The number of carbonyl (C=O) groups is 2. The van der Waals surface area contributed by atoms with E-state index in [1.807, 2.05) is 0 Å². The third-order valence-corrected chi connectivity index (χ3v) is 3.08. The molecule has 0 saturated carbocycles. The Balaban J connectivity index is 2.36. The van der Waals surface area contributed by atoms with Crippen LogP contribution in [0.1, 0.15) is 13.8 Å². The van der Waals surface area contributed by atoms with Crippen molar-refractivity contribution >= 4 is 23.5 Å². The van der Waals surface area contributed by atoms with Gasteiger partial charge in [-0.2, -0.15) is 0 Å². The second-order valence-corrected chi connectivity index (χ2v) is 5.17. The number of rotatable bonds is 7. The molecule has 20 heavy (non-hydrogen) atoms. The maximum atomic E-state index is 11.6. The Morgan fingerprint density at radius 2 is 1.90 bits per heavy atom. The fraction of sp³-hybridized carbons (Fsp3) is 0.429. The zero-order chi connectivity index (χ0) is 15.1. The number of aliphatic carboxylic acids is 1. The lowest BCUT2D eigenvalue weighted by molar-refractivity contribution is -0.143. The summed E-state index contributed by atoms with van der Waals surface area (Å²) in [5.74, 6) is -1.39. The van der Waals surface area contributed by atoms with Crippen LogP contribution in [0.2, 0.25) is 5.02 Å². The molecule has 0 aromatic heterocycles. The Morgan fingerprint density at radius 1 is 1.30 bits per heavy atom. The number of ether oxygens (including phenoxy) is 1. The molecule has 0 aliphatic rings. The van der Waals surface area contributed by atoms with Gasteiger partial charge in [0.1, 0.15) is 5.75 Å². The maximum Gasteiger partial charge on any atom is 0.308 e. The molecule has 0 aliphatic carbocycles. The van der Waals surface area contributed by atoms with Gasteiger partial charge in [-0.05, 0) is 30.2 Å². The number of hydrogen-bond acceptors (Lipinski definition) is 3. The summed E-state index contributed by atoms with van der Waals surface area (Å²) in [5.41, 5.74) is 0. The van der Waals surface area contributed by atoms with Crippen LogP contribution in [-0.2, 0) is 9.59 Å². The number of carbonyl (C=O) groups excluding carboxylic acids is 1. The van der Waals surface area contributed by atoms with E-state index in [1.165, 1.54) is 0 Å². The summed E-state index contributed by atoms with van der Waals surface area (Å²) in [6.07, 6.45) is 0. The number of carboxylic acid groups (broad SMARTS) is 1. The molecular weight excluding hydrogens is 282 g/mol. The van der Waals surface area contributed by atoms with Gasteiger partial charge in [-0.1, -0.05) is 25.4 Å². The zero-order valence-corrected chi connectivity index (χ0v) is 12.2. The highest BCUT2D eigenvalue weighted by Crippen LogP contribution is 2.15. The summed E-state index contributed by atoms with van der Waals surface area (Å²) in [5, 5.41) is 12.1. The molecule has 1 amide bonds. The van der Waals surface area contributed by atoms with Crippen molar-refractivity contribution in [1.29, 1.82) is 0 Å². The van der Waals surface area contributed by atoms with Crippen molar-refractivity contribution in [3.63, 3.8) is 0 Å². The fourth-order valence-corrected chi connectivity index (χ4v) is 1.69. The van der Waals surface area contributed by atoms with E-state index >= 15 is 0 Å². The Morgan fingerprint density at radius 3 is 2.40 bits per heavy atom.